The molecule has 0 saturated heterocycles. The van der Waals surface area contributed by atoms with Gasteiger partial charge in [0.05, 0.1) is 11.6 Å². The number of carbonyl (C=O) groups excluding carboxylic acids is 1. The van der Waals surface area contributed by atoms with Gasteiger partial charge in [-0.1, -0.05) is 35.3 Å². The zero-order valence-corrected chi connectivity index (χ0v) is 15.7. The van der Waals surface area contributed by atoms with Crippen LogP contribution in [0.1, 0.15) is 22.8 Å². The van der Waals surface area contributed by atoms with Crippen molar-refractivity contribution in [3.8, 4) is 5.75 Å². The Bertz CT molecular complexity index is 677. The van der Waals surface area contributed by atoms with Crippen molar-refractivity contribution < 1.29 is 9.53 Å². The van der Waals surface area contributed by atoms with Crippen LogP contribution in [-0.4, -0.2) is 24.8 Å². The normalized spacial score (nSPS) is 10.5. The summed E-state index contributed by atoms with van der Waals surface area (Å²) in [6.45, 7) is 3.02. The van der Waals surface area contributed by atoms with Crippen molar-refractivity contribution >= 4 is 40.9 Å². The van der Waals surface area contributed by atoms with Crippen molar-refractivity contribution in [1.29, 1.82) is 0 Å². The molecular formula is C18H19Cl2NO2S. The number of benzene rings is 2. The van der Waals surface area contributed by atoms with Gasteiger partial charge in [0, 0.05) is 28.6 Å². The molecule has 0 spiro atoms. The van der Waals surface area contributed by atoms with E-state index in [0.29, 0.717) is 29.5 Å². The predicted molar refractivity (Wildman–Crippen MR) is 103 cm³/mol. The fourth-order valence-corrected chi connectivity index (χ4v) is 3.20. The van der Waals surface area contributed by atoms with Crippen LogP contribution >= 0.6 is 35.0 Å². The second-order valence-electron chi connectivity index (χ2n) is 5.01. The maximum Gasteiger partial charge on any atom is 0.251 e. The van der Waals surface area contributed by atoms with Crippen molar-refractivity contribution in [1.82, 2.24) is 5.32 Å². The summed E-state index contributed by atoms with van der Waals surface area (Å²) < 4.78 is 5.36. The Morgan fingerprint density at radius 1 is 1.17 bits per heavy atom. The first-order valence-electron chi connectivity index (χ1n) is 7.63. The molecule has 0 aliphatic carbocycles. The third kappa shape index (κ3) is 5.93. The number of hydrogen-bond acceptors (Lipinski definition) is 3. The van der Waals surface area contributed by atoms with E-state index < -0.39 is 0 Å². The highest BCUT2D eigenvalue weighted by atomic mass is 35.5. The quantitative estimate of drug-likeness (QED) is 0.647. The van der Waals surface area contributed by atoms with Crippen molar-refractivity contribution in [2.75, 3.05) is 18.9 Å². The number of ether oxygens (including phenoxy) is 1. The highest BCUT2D eigenvalue weighted by Crippen LogP contribution is 2.25. The van der Waals surface area contributed by atoms with E-state index in [1.807, 2.05) is 31.2 Å². The standard InChI is InChI=1S/C18H19Cl2NO2S/c1-2-23-17-8-5-14(11-16(17)20)18(22)21-9-10-24-12-13-3-6-15(19)7-4-13/h3-8,11H,2,9-10,12H2,1H3,(H,21,22). The van der Waals surface area contributed by atoms with Crippen LogP contribution < -0.4 is 10.1 Å². The van der Waals surface area contributed by atoms with Gasteiger partial charge < -0.3 is 10.1 Å². The zero-order valence-electron chi connectivity index (χ0n) is 13.4. The molecular weight excluding hydrogens is 365 g/mol. The molecule has 0 saturated carbocycles. The molecule has 0 aliphatic heterocycles. The first kappa shape index (κ1) is 19.0. The van der Waals surface area contributed by atoms with Gasteiger partial charge in [-0.25, -0.2) is 0 Å². The minimum absolute atomic E-state index is 0.132. The molecule has 0 atom stereocenters. The van der Waals surface area contributed by atoms with Crippen molar-refractivity contribution in [2.24, 2.45) is 0 Å². The number of nitrogens with one attached hydrogen (secondary N) is 1. The predicted octanol–water partition coefficient (Wildman–Crippen LogP) is 5.06. The second-order valence-corrected chi connectivity index (χ2v) is 6.96. The summed E-state index contributed by atoms with van der Waals surface area (Å²) in [5.74, 6) is 2.18. The Morgan fingerprint density at radius 2 is 1.92 bits per heavy atom. The van der Waals surface area contributed by atoms with E-state index in [1.165, 1.54) is 5.56 Å². The number of amides is 1. The molecule has 0 bridgehead atoms. The van der Waals surface area contributed by atoms with Gasteiger partial charge in [-0.2, -0.15) is 11.8 Å². The first-order valence-corrected chi connectivity index (χ1v) is 9.54. The molecule has 0 aromatic heterocycles. The van der Waals surface area contributed by atoms with Gasteiger partial charge in [0.1, 0.15) is 5.75 Å². The lowest BCUT2D eigenvalue weighted by Crippen LogP contribution is -2.25. The average Bonchev–Trinajstić information content (AvgIpc) is 2.58. The van der Waals surface area contributed by atoms with E-state index in [1.54, 1.807) is 30.0 Å². The Morgan fingerprint density at radius 3 is 2.58 bits per heavy atom. The molecule has 2 aromatic rings. The maximum absolute atomic E-state index is 12.1. The van der Waals surface area contributed by atoms with Gasteiger partial charge >= 0.3 is 0 Å². The van der Waals surface area contributed by atoms with E-state index >= 15 is 0 Å². The van der Waals surface area contributed by atoms with E-state index in [-0.39, 0.29) is 5.91 Å². The van der Waals surface area contributed by atoms with Crippen molar-refractivity contribution in [3.05, 3.63) is 63.6 Å². The second kappa shape index (κ2) is 9.82. The van der Waals surface area contributed by atoms with Gasteiger partial charge in [0.15, 0.2) is 0 Å². The lowest BCUT2D eigenvalue weighted by molar-refractivity contribution is 0.0956. The fourth-order valence-electron chi connectivity index (χ4n) is 2.02. The van der Waals surface area contributed by atoms with Crippen molar-refractivity contribution in [3.63, 3.8) is 0 Å². The van der Waals surface area contributed by atoms with Gasteiger partial charge in [0.2, 0.25) is 0 Å². The lowest BCUT2D eigenvalue weighted by Gasteiger charge is -2.08. The Kier molecular flexibility index (Phi) is 7.76. The molecule has 0 radical (unpaired) electrons. The zero-order chi connectivity index (χ0) is 17.4. The molecule has 2 aromatic carbocycles. The molecule has 0 heterocycles. The largest absolute Gasteiger partial charge is 0.492 e. The highest BCUT2D eigenvalue weighted by molar-refractivity contribution is 7.98. The summed E-state index contributed by atoms with van der Waals surface area (Å²) >= 11 is 13.7. The van der Waals surface area contributed by atoms with Crippen LogP contribution in [0.25, 0.3) is 0 Å². The lowest BCUT2D eigenvalue weighted by atomic mass is 10.2. The van der Waals surface area contributed by atoms with Crippen LogP contribution in [0.3, 0.4) is 0 Å². The molecule has 3 nitrogen and oxygen atoms in total. The van der Waals surface area contributed by atoms with Gasteiger partial charge in [-0.05, 0) is 42.8 Å². The van der Waals surface area contributed by atoms with Crippen LogP contribution in [0.2, 0.25) is 10.0 Å². The number of carbonyl (C=O) groups is 1. The summed E-state index contributed by atoms with van der Waals surface area (Å²) in [4.78, 5) is 12.1. The number of hydrogen-bond donors (Lipinski definition) is 1. The smallest absolute Gasteiger partial charge is 0.251 e. The maximum atomic E-state index is 12.1. The van der Waals surface area contributed by atoms with Gasteiger partial charge in [0.25, 0.3) is 5.91 Å². The van der Waals surface area contributed by atoms with E-state index in [9.17, 15) is 4.79 Å². The summed E-state index contributed by atoms with van der Waals surface area (Å²) in [7, 11) is 0. The third-order valence-electron chi connectivity index (χ3n) is 3.21. The van der Waals surface area contributed by atoms with Gasteiger partial charge in [-0.15, -0.1) is 0 Å². The minimum Gasteiger partial charge on any atom is -0.492 e. The number of halogens is 2. The topological polar surface area (TPSA) is 38.3 Å². The molecule has 0 aliphatic rings. The molecule has 6 heteroatoms. The minimum atomic E-state index is -0.132. The molecule has 1 amide bonds. The van der Waals surface area contributed by atoms with Gasteiger partial charge in [-0.3, -0.25) is 4.79 Å². The van der Waals surface area contributed by atoms with Crippen LogP contribution in [0, 0.1) is 0 Å². The van der Waals surface area contributed by atoms with Crippen LogP contribution in [0.5, 0.6) is 5.75 Å². The first-order chi connectivity index (χ1) is 11.6. The third-order valence-corrected chi connectivity index (χ3v) is 4.79. The van der Waals surface area contributed by atoms with Crippen LogP contribution in [-0.2, 0) is 5.75 Å². The number of rotatable bonds is 8. The molecule has 128 valence electrons. The Balaban J connectivity index is 1.73. The summed E-state index contributed by atoms with van der Waals surface area (Å²) in [5, 5.41) is 4.08. The molecule has 24 heavy (non-hydrogen) atoms. The molecule has 0 unspecified atom stereocenters. The average molecular weight is 384 g/mol. The van der Waals surface area contributed by atoms with E-state index in [2.05, 4.69) is 5.32 Å². The Hall–Kier alpha value is -1.36. The van der Waals surface area contributed by atoms with Crippen LogP contribution in [0.4, 0.5) is 0 Å². The monoisotopic (exact) mass is 383 g/mol. The summed E-state index contributed by atoms with van der Waals surface area (Å²) in [6, 6.07) is 12.8. The van der Waals surface area contributed by atoms with Crippen LogP contribution in [0.15, 0.2) is 42.5 Å². The van der Waals surface area contributed by atoms with E-state index in [4.69, 9.17) is 27.9 Å². The fraction of sp³-hybridized carbons (Fsp3) is 0.278. The number of thioether (sulfide) groups is 1. The SMILES string of the molecule is CCOc1ccc(C(=O)NCCSCc2ccc(Cl)cc2)cc1Cl. The Labute approximate surface area is 156 Å². The van der Waals surface area contributed by atoms with E-state index in [0.717, 1.165) is 16.5 Å². The molecule has 0 fully saturated rings. The molecule has 2 rings (SSSR count). The van der Waals surface area contributed by atoms with Crippen molar-refractivity contribution in [2.45, 2.75) is 12.7 Å². The summed E-state index contributed by atoms with van der Waals surface area (Å²) in [6.07, 6.45) is 0. The summed E-state index contributed by atoms with van der Waals surface area (Å²) in [5.41, 5.74) is 1.75. The highest BCUT2D eigenvalue weighted by Gasteiger charge is 2.08. The molecule has 1 N–H and O–H groups in total.